The molecule has 0 fully saturated rings. The van der Waals surface area contributed by atoms with Gasteiger partial charge in [0.1, 0.15) is 18.4 Å². The van der Waals surface area contributed by atoms with Crippen LogP contribution in [0, 0.1) is 11.3 Å². The Hall–Kier alpha value is -2.95. The highest BCUT2D eigenvalue weighted by Gasteiger charge is 2.25. The van der Waals surface area contributed by atoms with Crippen LogP contribution in [0.4, 0.5) is 11.6 Å². The number of hydrogen-bond donors (Lipinski definition) is 2. The molecule has 6 nitrogen and oxygen atoms in total. The number of hydrogen-bond acceptors (Lipinski definition) is 7. The van der Waals surface area contributed by atoms with Gasteiger partial charge in [-0.25, -0.2) is 9.97 Å². The molecule has 0 aliphatic carbocycles. The fourth-order valence-electron chi connectivity index (χ4n) is 3.53. The fraction of sp³-hybridized carbons (Fsp3) is 0.346. The number of anilines is 2. The normalized spacial score (nSPS) is 11.1. The molecule has 3 aromatic rings. The maximum atomic E-state index is 9.72. The Labute approximate surface area is 211 Å². The van der Waals surface area contributed by atoms with Gasteiger partial charge in [0.25, 0.3) is 0 Å². The van der Waals surface area contributed by atoms with E-state index in [2.05, 4.69) is 46.8 Å². The molecule has 2 N–H and O–H groups in total. The van der Waals surface area contributed by atoms with Gasteiger partial charge in [0.2, 0.25) is 5.95 Å². The number of unbranched alkanes of at least 4 members (excludes halogenated alkanes) is 1. The smallest absolute Gasteiger partial charge is 0.233 e. The third-order valence-corrected chi connectivity index (χ3v) is 6.32. The van der Waals surface area contributed by atoms with Crippen LogP contribution < -0.4 is 14.8 Å². The molecule has 0 amide bonds. The molecule has 0 atom stereocenters. The van der Waals surface area contributed by atoms with Gasteiger partial charge in [-0.1, -0.05) is 62.9 Å². The molecule has 1 aromatic heterocycles. The monoisotopic (exact) mass is 495 g/mol. The molecule has 2 aromatic carbocycles. The van der Waals surface area contributed by atoms with Crippen molar-refractivity contribution in [2.75, 3.05) is 22.8 Å². The Morgan fingerprint density at radius 1 is 1.15 bits per heavy atom. The van der Waals surface area contributed by atoms with Crippen LogP contribution in [0.25, 0.3) is 0 Å². The van der Waals surface area contributed by atoms with E-state index < -0.39 is 0 Å². The average Bonchev–Trinajstić information content (AvgIpc) is 2.84. The Kier molecular flexibility index (Phi) is 9.03. The highest BCUT2D eigenvalue weighted by Crippen LogP contribution is 2.37. The lowest BCUT2D eigenvalue weighted by Gasteiger charge is -2.27. The van der Waals surface area contributed by atoms with E-state index in [-0.39, 0.29) is 5.41 Å². The number of aromatic nitrogens is 2. The van der Waals surface area contributed by atoms with Crippen LogP contribution in [0.2, 0.25) is 5.02 Å². The van der Waals surface area contributed by atoms with E-state index in [4.69, 9.17) is 16.3 Å². The Morgan fingerprint density at radius 2 is 1.91 bits per heavy atom. The summed E-state index contributed by atoms with van der Waals surface area (Å²) in [4.78, 5) is 8.58. The van der Waals surface area contributed by atoms with E-state index in [0.717, 1.165) is 42.0 Å². The molecule has 0 unspecified atom stereocenters. The van der Waals surface area contributed by atoms with Gasteiger partial charge in [-0.15, -0.1) is 0 Å². The molecule has 0 saturated carbocycles. The summed E-state index contributed by atoms with van der Waals surface area (Å²) < 4.78 is 8.94. The van der Waals surface area contributed by atoms with E-state index in [9.17, 15) is 5.26 Å². The van der Waals surface area contributed by atoms with E-state index >= 15 is 0 Å². The van der Waals surface area contributed by atoms with Crippen molar-refractivity contribution < 1.29 is 4.74 Å². The summed E-state index contributed by atoms with van der Waals surface area (Å²) in [5.74, 6) is 1.32. The van der Waals surface area contributed by atoms with Gasteiger partial charge >= 0.3 is 0 Å². The molecule has 1 heterocycles. The number of nitrogens with zero attached hydrogens (tertiary/aromatic N) is 3. The standard InChI is InChI=1S/C26H30ClN5OS/c1-5-6-12-29-24-18(16-28)14-20(15-23(24)27)26(2,3)19-7-9-22(10-8-19)33-17-21-11-13-30-25(31-21)32-34-4/h7-11,13-15,29H,5-6,12,17H2,1-4H3,(H,30,31,32). The summed E-state index contributed by atoms with van der Waals surface area (Å²) in [6.07, 6.45) is 5.73. The van der Waals surface area contributed by atoms with Gasteiger partial charge in [-0.3, -0.25) is 4.72 Å². The Balaban J connectivity index is 1.75. The maximum absolute atomic E-state index is 9.72. The van der Waals surface area contributed by atoms with Gasteiger partial charge in [0.15, 0.2) is 0 Å². The average molecular weight is 496 g/mol. The van der Waals surface area contributed by atoms with E-state index in [1.807, 2.05) is 48.7 Å². The van der Waals surface area contributed by atoms with Crippen molar-refractivity contribution in [3.05, 3.63) is 76.1 Å². The number of nitriles is 1. The molecule has 8 heteroatoms. The molecular weight excluding hydrogens is 466 g/mol. The van der Waals surface area contributed by atoms with Gasteiger partial charge in [-0.2, -0.15) is 5.26 Å². The molecule has 34 heavy (non-hydrogen) atoms. The van der Waals surface area contributed by atoms with Crippen molar-refractivity contribution in [1.82, 2.24) is 9.97 Å². The quantitative estimate of drug-likeness (QED) is 0.223. The molecule has 0 bridgehead atoms. The molecule has 0 aliphatic rings. The second-order valence-electron chi connectivity index (χ2n) is 8.39. The van der Waals surface area contributed by atoms with Crippen LogP contribution in [0.3, 0.4) is 0 Å². The zero-order valence-corrected chi connectivity index (χ0v) is 21.6. The minimum atomic E-state index is -0.346. The topological polar surface area (TPSA) is 82.9 Å². The highest BCUT2D eigenvalue weighted by molar-refractivity contribution is 7.99. The van der Waals surface area contributed by atoms with E-state index in [1.54, 1.807) is 6.20 Å². The molecular formula is C26H30ClN5OS. The van der Waals surface area contributed by atoms with Gasteiger partial charge in [0, 0.05) is 24.4 Å². The van der Waals surface area contributed by atoms with Gasteiger partial charge in [0.05, 0.1) is 22.0 Å². The first kappa shape index (κ1) is 25.7. The Morgan fingerprint density at radius 3 is 2.59 bits per heavy atom. The third-order valence-electron chi connectivity index (χ3n) is 5.63. The first-order chi connectivity index (χ1) is 16.4. The highest BCUT2D eigenvalue weighted by atomic mass is 35.5. The first-order valence-corrected chi connectivity index (χ1v) is 12.8. The fourth-order valence-corrected chi connectivity index (χ4v) is 4.10. The number of ether oxygens (including phenoxy) is 1. The van der Waals surface area contributed by atoms with Crippen molar-refractivity contribution in [2.24, 2.45) is 0 Å². The summed E-state index contributed by atoms with van der Waals surface area (Å²) in [7, 11) is 0. The molecule has 0 saturated heterocycles. The van der Waals surface area contributed by atoms with Crippen LogP contribution >= 0.6 is 23.5 Å². The largest absolute Gasteiger partial charge is 0.487 e. The van der Waals surface area contributed by atoms with Gasteiger partial charge in [-0.05, 0) is 47.9 Å². The molecule has 178 valence electrons. The molecule has 0 aliphatic heterocycles. The van der Waals surface area contributed by atoms with Crippen LogP contribution in [0.5, 0.6) is 5.75 Å². The first-order valence-electron chi connectivity index (χ1n) is 11.2. The summed E-state index contributed by atoms with van der Waals surface area (Å²) in [5, 5.41) is 13.6. The Bertz CT molecular complexity index is 1140. The van der Waals surface area contributed by atoms with Crippen LogP contribution in [0.15, 0.2) is 48.7 Å². The SMILES string of the molecule is CCCCNc1c(Cl)cc(C(C)(C)c2ccc(OCc3ccnc(NSC)n3)cc2)cc1C#N. The van der Waals surface area contributed by atoms with Gasteiger partial charge < -0.3 is 10.1 Å². The predicted molar refractivity (Wildman–Crippen MR) is 142 cm³/mol. The minimum absolute atomic E-state index is 0.346. The zero-order chi connectivity index (χ0) is 24.6. The molecule has 0 spiro atoms. The summed E-state index contributed by atoms with van der Waals surface area (Å²) in [5.41, 5.74) is 3.80. The number of benzene rings is 2. The summed E-state index contributed by atoms with van der Waals surface area (Å²) in [6, 6.07) is 16.0. The van der Waals surface area contributed by atoms with Crippen LogP contribution in [-0.4, -0.2) is 22.8 Å². The predicted octanol–water partition coefficient (Wildman–Crippen LogP) is 6.81. The third kappa shape index (κ3) is 6.34. The lowest BCUT2D eigenvalue weighted by molar-refractivity contribution is 0.301. The lowest BCUT2D eigenvalue weighted by Crippen LogP contribution is -2.19. The zero-order valence-electron chi connectivity index (χ0n) is 20.0. The number of halogens is 1. The van der Waals surface area contributed by atoms with Crippen LogP contribution in [0.1, 0.15) is 56.0 Å². The van der Waals surface area contributed by atoms with Crippen molar-refractivity contribution in [1.29, 1.82) is 5.26 Å². The summed E-state index contributed by atoms with van der Waals surface area (Å²) in [6.45, 7) is 7.52. The number of rotatable bonds is 11. The summed E-state index contributed by atoms with van der Waals surface area (Å²) >= 11 is 8.03. The molecule has 3 rings (SSSR count). The van der Waals surface area contributed by atoms with Crippen molar-refractivity contribution >= 4 is 35.2 Å². The van der Waals surface area contributed by atoms with E-state index in [1.165, 1.54) is 11.9 Å². The minimum Gasteiger partial charge on any atom is -0.487 e. The van der Waals surface area contributed by atoms with Crippen molar-refractivity contribution in [3.63, 3.8) is 0 Å². The number of nitrogens with one attached hydrogen (secondary N) is 2. The van der Waals surface area contributed by atoms with Crippen molar-refractivity contribution in [2.45, 2.75) is 45.6 Å². The van der Waals surface area contributed by atoms with Crippen molar-refractivity contribution in [3.8, 4) is 11.8 Å². The maximum Gasteiger partial charge on any atom is 0.233 e. The van der Waals surface area contributed by atoms with E-state index in [0.29, 0.717) is 28.8 Å². The second kappa shape index (κ2) is 12.0. The lowest BCUT2D eigenvalue weighted by atomic mass is 9.77. The van der Waals surface area contributed by atoms with Crippen LogP contribution in [-0.2, 0) is 12.0 Å². The second-order valence-corrected chi connectivity index (χ2v) is 9.41. The molecule has 0 radical (unpaired) electrons.